The largest absolute Gasteiger partial charge is 0.586 e. The minimum Gasteiger partial charge on any atom is -0.497 e. The number of rotatable bonds is 11. The number of nitrogens with zero attached hydrogens (tertiary/aromatic N) is 1. The van der Waals surface area contributed by atoms with Gasteiger partial charge in [0.05, 0.1) is 18.7 Å². The number of aromatic nitrogens is 1. The molecule has 0 amide bonds. The van der Waals surface area contributed by atoms with Crippen LogP contribution >= 0.6 is 0 Å². The summed E-state index contributed by atoms with van der Waals surface area (Å²) in [7, 11) is 1.56. The molecule has 0 saturated heterocycles. The van der Waals surface area contributed by atoms with Crippen LogP contribution in [-0.4, -0.2) is 47.7 Å². The van der Waals surface area contributed by atoms with Gasteiger partial charge in [-0.05, 0) is 71.3 Å². The molecule has 4 atom stereocenters. The number of methoxy groups -OCH3 is 1. The molecule has 3 N–H and O–H groups in total. The van der Waals surface area contributed by atoms with Gasteiger partial charge in [-0.1, -0.05) is 38.5 Å². The van der Waals surface area contributed by atoms with Crippen molar-refractivity contribution in [2.45, 2.75) is 51.2 Å². The molecule has 8 nitrogen and oxygen atoms in total. The Balaban J connectivity index is 1.67. The van der Waals surface area contributed by atoms with E-state index in [-0.39, 0.29) is 24.0 Å². The van der Waals surface area contributed by atoms with E-state index in [1.807, 2.05) is 31.2 Å². The second kappa shape index (κ2) is 11.5. The zero-order valence-electron chi connectivity index (χ0n) is 23.2. The molecule has 41 heavy (non-hydrogen) atoms. The van der Waals surface area contributed by atoms with Crippen LogP contribution in [0, 0.1) is 11.8 Å². The molecule has 1 aromatic heterocycles. The number of pyridine rings is 1. The van der Waals surface area contributed by atoms with Crippen LogP contribution in [0.25, 0.3) is 0 Å². The Hall–Kier alpha value is -3.92. The van der Waals surface area contributed by atoms with Gasteiger partial charge in [0.15, 0.2) is 11.5 Å². The third-order valence-corrected chi connectivity index (χ3v) is 7.78. The van der Waals surface area contributed by atoms with Gasteiger partial charge in [0.25, 0.3) is 0 Å². The number of hydrogen-bond acceptors (Lipinski definition) is 7. The quantitative estimate of drug-likeness (QED) is 0.250. The summed E-state index contributed by atoms with van der Waals surface area (Å²) >= 11 is 0. The van der Waals surface area contributed by atoms with E-state index in [4.69, 9.17) is 14.5 Å². The maximum Gasteiger partial charge on any atom is 0.586 e. The normalized spacial score (nSPS) is 20.9. The van der Waals surface area contributed by atoms with Gasteiger partial charge >= 0.3 is 12.3 Å². The van der Waals surface area contributed by atoms with Crippen LogP contribution in [0.1, 0.15) is 66.5 Å². The minimum atomic E-state index is -3.79. The lowest BCUT2D eigenvalue weighted by Crippen LogP contribution is -2.26. The van der Waals surface area contributed by atoms with Gasteiger partial charge in [0, 0.05) is 25.0 Å². The molecule has 0 saturated carbocycles. The molecule has 1 aliphatic carbocycles. The molecule has 10 heteroatoms. The first kappa shape index (κ1) is 28.6. The molecule has 5 rings (SSSR count). The lowest BCUT2D eigenvalue weighted by molar-refractivity contribution is -0.286. The number of ether oxygens (including phenoxy) is 3. The van der Waals surface area contributed by atoms with Crippen molar-refractivity contribution in [1.82, 2.24) is 4.98 Å². The maximum atomic E-state index is 13.8. The van der Waals surface area contributed by atoms with Gasteiger partial charge in [-0.25, -0.2) is 4.98 Å². The highest BCUT2D eigenvalue weighted by Crippen LogP contribution is 2.54. The van der Waals surface area contributed by atoms with Crippen LogP contribution in [0.3, 0.4) is 0 Å². The molecule has 218 valence electrons. The van der Waals surface area contributed by atoms with Crippen LogP contribution in [0.4, 0.5) is 14.6 Å². The van der Waals surface area contributed by atoms with Crippen LogP contribution in [0.2, 0.25) is 0 Å². The molecule has 0 radical (unpaired) electrons. The van der Waals surface area contributed by atoms with Gasteiger partial charge in [-0.15, -0.1) is 8.78 Å². The number of fused-ring (bicyclic) bond motifs is 2. The van der Waals surface area contributed by atoms with Gasteiger partial charge in [0.1, 0.15) is 11.6 Å². The lowest BCUT2D eigenvalue weighted by Gasteiger charge is -2.25. The van der Waals surface area contributed by atoms with Crippen molar-refractivity contribution < 1.29 is 38.0 Å². The molecule has 2 aliphatic rings. The molecule has 1 unspecified atom stereocenters. The van der Waals surface area contributed by atoms with Crippen LogP contribution in [0.5, 0.6) is 17.2 Å². The fourth-order valence-electron chi connectivity index (χ4n) is 5.85. The average molecular weight is 569 g/mol. The van der Waals surface area contributed by atoms with E-state index < -0.39 is 30.0 Å². The van der Waals surface area contributed by atoms with Gasteiger partial charge in [0.2, 0.25) is 0 Å². The van der Waals surface area contributed by atoms with E-state index >= 15 is 0 Å². The van der Waals surface area contributed by atoms with Crippen LogP contribution in [-0.2, 0) is 11.2 Å². The number of anilines is 1. The number of aliphatic hydroxyl groups excluding tert-OH is 1. The number of halogens is 2. The van der Waals surface area contributed by atoms with Crippen molar-refractivity contribution in [2.24, 2.45) is 11.8 Å². The topological polar surface area (TPSA) is 110 Å². The Morgan fingerprint density at radius 1 is 1.10 bits per heavy atom. The second-order valence-electron chi connectivity index (χ2n) is 10.7. The molecular formula is C31H34F2N2O6. The van der Waals surface area contributed by atoms with E-state index in [1.165, 1.54) is 12.1 Å². The summed E-state index contributed by atoms with van der Waals surface area (Å²) in [5, 5.41) is 23.8. The standard InChI is InChI=1S/C31H34F2N2O6/c1-4-5-12-34-25-11-9-22-26(18-6-10-23-24(15-18)41-31(32,33)40-23)28(30(37)38)27(29(22)35-25)21-8-7-20(39-3)14-19(21)13-17(2)16-36/h6-11,14-15,17,26-28,36H,4-5,12-13,16H2,1-3H3,(H,34,35)(H,37,38)/t17?,26-,27-,28+/m0/s1. The number of aliphatic carboxylic acids is 1. The summed E-state index contributed by atoms with van der Waals surface area (Å²) in [6.45, 7) is 4.70. The molecule has 0 bridgehead atoms. The summed E-state index contributed by atoms with van der Waals surface area (Å²) in [6.07, 6.45) is -1.33. The van der Waals surface area contributed by atoms with Gasteiger partial charge in [-0.3, -0.25) is 4.79 Å². The van der Waals surface area contributed by atoms with E-state index in [2.05, 4.69) is 17.0 Å². The third kappa shape index (κ3) is 5.66. The zero-order chi connectivity index (χ0) is 29.3. The van der Waals surface area contributed by atoms with Crippen molar-refractivity contribution >= 4 is 11.8 Å². The number of benzene rings is 2. The predicted octanol–water partition coefficient (Wildman–Crippen LogP) is 5.77. The van der Waals surface area contributed by atoms with E-state index in [0.717, 1.165) is 30.5 Å². The first-order valence-electron chi connectivity index (χ1n) is 13.8. The lowest BCUT2D eigenvalue weighted by atomic mass is 9.78. The number of nitrogens with one attached hydrogen (secondary N) is 1. The zero-order valence-corrected chi connectivity index (χ0v) is 23.2. The van der Waals surface area contributed by atoms with Crippen molar-refractivity contribution in [2.75, 3.05) is 25.6 Å². The fourth-order valence-corrected chi connectivity index (χ4v) is 5.85. The highest BCUT2D eigenvalue weighted by molar-refractivity contribution is 5.78. The molecule has 2 aromatic carbocycles. The third-order valence-electron chi connectivity index (χ3n) is 7.78. The molecule has 2 heterocycles. The van der Waals surface area contributed by atoms with E-state index in [9.17, 15) is 23.8 Å². The first-order chi connectivity index (χ1) is 19.7. The van der Waals surface area contributed by atoms with E-state index in [0.29, 0.717) is 34.8 Å². The number of carbonyl (C=O) groups is 1. The molecule has 0 fully saturated rings. The number of carboxylic acid groups (broad SMARTS) is 1. The highest BCUT2D eigenvalue weighted by Gasteiger charge is 2.49. The monoisotopic (exact) mass is 568 g/mol. The summed E-state index contributed by atoms with van der Waals surface area (Å²) in [5.41, 5.74) is 3.44. The van der Waals surface area contributed by atoms with Crippen LogP contribution < -0.4 is 19.5 Å². The molecular weight excluding hydrogens is 534 g/mol. The Morgan fingerprint density at radius 2 is 1.85 bits per heavy atom. The second-order valence-corrected chi connectivity index (χ2v) is 10.7. The smallest absolute Gasteiger partial charge is 0.497 e. The Morgan fingerprint density at radius 3 is 2.56 bits per heavy atom. The number of unbranched alkanes of at least 4 members (excludes halogenated alkanes) is 1. The van der Waals surface area contributed by atoms with Gasteiger partial charge < -0.3 is 29.7 Å². The number of alkyl halides is 2. The first-order valence-corrected chi connectivity index (χ1v) is 13.8. The molecule has 0 spiro atoms. The van der Waals surface area contributed by atoms with Crippen molar-refractivity contribution in [3.05, 3.63) is 76.5 Å². The maximum absolute atomic E-state index is 13.8. The summed E-state index contributed by atoms with van der Waals surface area (Å²) < 4.78 is 42.3. The van der Waals surface area contributed by atoms with Crippen molar-refractivity contribution in [3.63, 3.8) is 0 Å². The predicted molar refractivity (Wildman–Crippen MR) is 148 cm³/mol. The molecule has 1 aliphatic heterocycles. The highest BCUT2D eigenvalue weighted by atomic mass is 19.3. The Bertz CT molecular complexity index is 1430. The Kier molecular flexibility index (Phi) is 8.04. The van der Waals surface area contributed by atoms with E-state index in [1.54, 1.807) is 19.2 Å². The SMILES string of the molecule is CCCCNc1ccc2c(n1)[C@@H](c1ccc(OC)cc1CC(C)CO)[C@H](C(=O)O)[C@H]2c1ccc2c(c1)OC(F)(F)O2. The van der Waals surface area contributed by atoms with Gasteiger partial charge in [-0.2, -0.15) is 0 Å². The summed E-state index contributed by atoms with van der Waals surface area (Å²) in [4.78, 5) is 18.0. The molecule has 3 aromatic rings. The number of carboxylic acids is 1. The summed E-state index contributed by atoms with van der Waals surface area (Å²) in [6, 6.07) is 13.6. The fraction of sp³-hybridized carbons (Fsp3) is 0.419. The number of aliphatic hydroxyl groups is 1. The van der Waals surface area contributed by atoms with Crippen molar-refractivity contribution in [1.29, 1.82) is 0 Å². The number of hydrogen-bond donors (Lipinski definition) is 3. The Labute approximate surface area is 237 Å². The van der Waals surface area contributed by atoms with Crippen LogP contribution in [0.15, 0.2) is 48.5 Å². The average Bonchev–Trinajstić information content (AvgIpc) is 3.45. The van der Waals surface area contributed by atoms with Crippen molar-refractivity contribution in [3.8, 4) is 17.2 Å². The minimum absolute atomic E-state index is 0.0333. The summed E-state index contributed by atoms with van der Waals surface area (Å²) in [5.74, 6) is -2.46.